The Morgan fingerprint density at radius 3 is 2.35 bits per heavy atom. The van der Waals surface area contributed by atoms with Gasteiger partial charge in [-0.25, -0.2) is 4.79 Å². The fraction of sp³-hybridized carbons (Fsp3) is 0.250. The van der Waals surface area contributed by atoms with Crippen molar-refractivity contribution in [1.29, 1.82) is 0 Å². The van der Waals surface area contributed by atoms with Gasteiger partial charge in [0, 0.05) is 17.5 Å². The number of benzene rings is 2. The maximum Gasteiger partial charge on any atom is 0.336 e. The summed E-state index contributed by atoms with van der Waals surface area (Å²) < 4.78 is 0. The second kappa shape index (κ2) is 6.19. The molecule has 0 atom stereocenters. The van der Waals surface area contributed by atoms with Crippen molar-refractivity contribution in [2.24, 2.45) is 0 Å². The molecule has 0 aromatic heterocycles. The summed E-state index contributed by atoms with van der Waals surface area (Å²) in [5.74, 6) is -1.25. The van der Waals surface area contributed by atoms with E-state index in [1.807, 2.05) is 19.1 Å². The highest BCUT2D eigenvalue weighted by Crippen LogP contribution is 2.23. The van der Waals surface area contributed by atoms with Gasteiger partial charge in [0.25, 0.3) is 5.91 Å². The molecule has 4 heteroatoms. The molecule has 0 fully saturated rings. The van der Waals surface area contributed by atoms with Gasteiger partial charge in [-0.3, -0.25) is 4.79 Å². The minimum atomic E-state index is -1.02. The monoisotopic (exact) mass is 271 g/mol. The molecular weight excluding hydrogens is 254 g/mol. The number of nitrogens with one attached hydrogen (secondary N) is 1. The summed E-state index contributed by atoms with van der Waals surface area (Å²) in [5.41, 5.74) is 0.570. The van der Waals surface area contributed by atoms with Gasteiger partial charge in [-0.2, -0.15) is 0 Å². The second-order valence-corrected chi connectivity index (χ2v) is 4.62. The molecule has 4 nitrogen and oxygen atoms in total. The van der Waals surface area contributed by atoms with Crippen molar-refractivity contribution in [3.8, 4) is 0 Å². The van der Waals surface area contributed by atoms with E-state index in [9.17, 15) is 14.7 Å². The van der Waals surface area contributed by atoms with E-state index in [1.165, 1.54) is 6.07 Å². The number of carboxylic acids is 1. The van der Waals surface area contributed by atoms with E-state index in [-0.39, 0.29) is 11.5 Å². The topological polar surface area (TPSA) is 66.4 Å². The fourth-order valence-electron chi connectivity index (χ4n) is 2.18. The minimum Gasteiger partial charge on any atom is -0.478 e. The Balaban J connectivity index is 2.47. The first-order chi connectivity index (χ1) is 9.65. The average molecular weight is 271 g/mol. The maximum atomic E-state index is 12.2. The molecule has 2 aromatic carbocycles. The van der Waals surface area contributed by atoms with Gasteiger partial charge < -0.3 is 10.4 Å². The number of aromatic carboxylic acids is 1. The van der Waals surface area contributed by atoms with Crippen LogP contribution in [0.5, 0.6) is 0 Å². The van der Waals surface area contributed by atoms with Crippen LogP contribution in [-0.4, -0.2) is 23.5 Å². The SMILES string of the molecule is CCCCNC(=O)c1cccc2cccc(C(=O)O)c12. The van der Waals surface area contributed by atoms with Crippen molar-refractivity contribution in [2.75, 3.05) is 6.54 Å². The normalized spacial score (nSPS) is 10.4. The first-order valence-corrected chi connectivity index (χ1v) is 6.68. The summed E-state index contributed by atoms with van der Waals surface area (Å²) in [6.07, 6.45) is 1.90. The molecule has 0 bridgehead atoms. The van der Waals surface area contributed by atoms with Crippen molar-refractivity contribution in [1.82, 2.24) is 5.32 Å². The molecule has 0 aliphatic heterocycles. The van der Waals surface area contributed by atoms with Crippen LogP contribution in [0.25, 0.3) is 10.8 Å². The van der Waals surface area contributed by atoms with E-state index in [0.717, 1.165) is 18.2 Å². The molecule has 0 radical (unpaired) electrons. The first-order valence-electron chi connectivity index (χ1n) is 6.68. The van der Waals surface area contributed by atoms with Crippen LogP contribution < -0.4 is 5.32 Å². The number of carbonyl (C=O) groups excluding carboxylic acids is 1. The quantitative estimate of drug-likeness (QED) is 0.821. The standard InChI is InChI=1S/C16H17NO3/c1-2-3-10-17-15(18)12-8-4-6-11-7-5-9-13(14(11)12)16(19)20/h4-9H,2-3,10H2,1H3,(H,17,18)(H,19,20). The number of unbranched alkanes of at least 4 members (excludes halogenated alkanes) is 1. The number of hydrogen-bond donors (Lipinski definition) is 2. The molecule has 0 spiro atoms. The van der Waals surface area contributed by atoms with Gasteiger partial charge in [0.15, 0.2) is 0 Å². The number of hydrogen-bond acceptors (Lipinski definition) is 2. The predicted octanol–water partition coefficient (Wildman–Crippen LogP) is 3.07. The zero-order valence-electron chi connectivity index (χ0n) is 11.3. The van der Waals surface area contributed by atoms with Gasteiger partial charge in [-0.1, -0.05) is 37.6 Å². The third kappa shape index (κ3) is 2.79. The number of amides is 1. The van der Waals surface area contributed by atoms with Crippen LogP contribution in [0.15, 0.2) is 36.4 Å². The van der Waals surface area contributed by atoms with Gasteiger partial charge in [-0.05, 0) is 23.9 Å². The Labute approximate surface area is 117 Å². The summed E-state index contributed by atoms with van der Waals surface area (Å²) in [6.45, 7) is 2.65. The van der Waals surface area contributed by atoms with Crippen LogP contribution in [-0.2, 0) is 0 Å². The van der Waals surface area contributed by atoms with Crippen molar-refractivity contribution in [2.45, 2.75) is 19.8 Å². The number of carbonyl (C=O) groups is 2. The Morgan fingerprint density at radius 1 is 1.10 bits per heavy atom. The molecule has 0 saturated carbocycles. The highest BCUT2D eigenvalue weighted by atomic mass is 16.4. The van der Waals surface area contributed by atoms with Crippen molar-refractivity contribution in [3.05, 3.63) is 47.5 Å². The van der Waals surface area contributed by atoms with Crippen LogP contribution in [0.4, 0.5) is 0 Å². The molecule has 20 heavy (non-hydrogen) atoms. The lowest BCUT2D eigenvalue weighted by molar-refractivity contribution is 0.0699. The van der Waals surface area contributed by atoms with E-state index >= 15 is 0 Å². The van der Waals surface area contributed by atoms with E-state index in [0.29, 0.717) is 17.5 Å². The fourth-order valence-corrected chi connectivity index (χ4v) is 2.18. The summed E-state index contributed by atoms with van der Waals surface area (Å²) in [7, 11) is 0. The number of rotatable bonds is 5. The summed E-state index contributed by atoms with van der Waals surface area (Å²) >= 11 is 0. The van der Waals surface area contributed by atoms with E-state index in [4.69, 9.17) is 0 Å². The summed E-state index contributed by atoms with van der Waals surface area (Å²) in [5, 5.41) is 13.4. The Bertz CT molecular complexity index is 644. The number of carboxylic acid groups (broad SMARTS) is 1. The third-order valence-electron chi connectivity index (χ3n) is 3.20. The molecule has 0 aliphatic carbocycles. The largest absolute Gasteiger partial charge is 0.478 e. The zero-order valence-corrected chi connectivity index (χ0v) is 11.3. The molecule has 0 saturated heterocycles. The van der Waals surface area contributed by atoms with Crippen LogP contribution >= 0.6 is 0 Å². The van der Waals surface area contributed by atoms with Crippen LogP contribution in [0.1, 0.15) is 40.5 Å². The highest BCUT2D eigenvalue weighted by Gasteiger charge is 2.15. The molecule has 1 amide bonds. The summed E-state index contributed by atoms with van der Waals surface area (Å²) in [6, 6.07) is 10.3. The van der Waals surface area contributed by atoms with E-state index in [1.54, 1.807) is 18.2 Å². The predicted molar refractivity (Wildman–Crippen MR) is 78.1 cm³/mol. The van der Waals surface area contributed by atoms with E-state index in [2.05, 4.69) is 5.32 Å². The molecule has 0 unspecified atom stereocenters. The number of fused-ring (bicyclic) bond motifs is 1. The maximum absolute atomic E-state index is 12.2. The molecule has 2 rings (SSSR count). The highest BCUT2D eigenvalue weighted by molar-refractivity contribution is 6.14. The third-order valence-corrected chi connectivity index (χ3v) is 3.20. The van der Waals surface area contributed by atoms with Crippen molar-refractivity contribution >= 4 is 22.6 Å². The van der Waals surface area contributed by atoms with Crippen LogP contribution in [0.3, 0.4) is 0 Å². The molecule has 104 valence electrons. The average Bonchev–Trinajstić information content (AvgIpc) is 2.46. The smallest absolute Gasteiger partial charge is 0.336 e. The first kappa shape index (κ1) is 14.1. The molecule has 2 N–H and O–H groups in total. The van der Waals surface area contributed by atoms with Crippen molar-refractivity contribution < 1.29 is 14.7 Å². The zero-order chi connectivity index (χ0) is 14.5. The molecule has 0 heterocycles. The van der Waals surface area contributed by atoms with Gasteiger partial charge in [0.2, 0.25) is 0 Å². The van der Waals surface area contributed by atoms with Gasteiger partial charge >= 0.3 is 5.97 Å². The Kier molecular flexibility index (Phi) is 4.35. The lowest BCUT2D eigenvalue weighted by Crippen LogP contribution is -2.24. The van der Waals surface area contributed by atoms with E-state index < -0.39 is 5.97 Å². The lowest BCUT2D eigenvalue weighted by Gasteiger charge is -2.09. The van der Waals surface area contributed by atoms with Gasteiger partial charge in [0.05, 0.1) is 5.56 Å². The lowest BCUT2D eigenvalue weighted by atomic mass is 9.98. The van der Waals surface area contributed by atoms with Crippen LogP contribution in [0.2, 0.25) is 0 Å². The molecule has 2 aromatic rings. The Morgan fingerprint density at radius 2 is 1.75 bits per heavy atom. The van der Waals surface area contributed by atoms with Gasteiger partial charge in [0.1, 0.15) is 0 Å². The van der Waals surface area contributed by atoms with Crippen molar-refractivity contribution in [3.63, 3.8) is 0 Å². The molecular formula is C16H17NO3. The van der Waals surface area contributed by atoms with Crippen LogP contribution in [0, 0.1) is 0 Å². The summed E-state index contributed by atoms with van der Waals surface area (Å²) in [4.78, 5) is 23.5. The molecule has 0 aliphatic rings. The second-order valence-electron chi connectivity index (χ2n) is 4.62. The van der Waals surface area contributed by atoms with Gasteiger partial charge in [-0.15, -0.1) is 0 Å². The Hall–Kier alpha value is -2.36. The minimum absolute atomic E-state index is 0.156.